The summed E-state index contributed by atoms with van der Waals surface area (Å²) in [6.07, 6.45) is 0. The van der Waals surface area contributed by atoms with E-state index in [1.54, 1.807) is 0 Å². The molecule has 0 aromatic carbocycles. The molecular weight excluding hydrogens is 294 g/mol. The maximum Gasteiger partial charge on any atom is 0.290 e. The SMILES string of the molecule is O=CO.O=CO.O=CO.O=CO.[Co].[Ni]. The van der Waals surface area contributed by atoms with Crippen LogP contribution in [-0.2, 0) is 52.4 Å². The molecule has 0 amide bonds. The van der Waals surface area contributed by atoms with Crippen molar-refractivity contribution in [1.29, 1.82) is 0 Å². The molecule has 0 aliphatic carbocycles. The average molecular weight is 302 g/mol. The molecule has 91 valence electrons. The van der Waals surface area contributed by atoms with Crippen LogP contribution in [0.1, 0.15) is 0 Å². The third-order valence-corrected chi connectivity index (χ3v) is 0. The van der Waals surface area contributed by atoms with Crippen LogP contribution in [0.15, 0.2) is 0 Å². The van der Waals surface area contributed by atoms with E-state index in [0.29, 0.717) is 0 Å². The average Bonchev–Trinajstić information content (AvgIpc) is 1.92. The predicted molar refractivity (Wildman–Crippen MR) is 34.8 cm³/mol. The van der Waals surface area contributed by atoms with Gasteiger partial charge < -0.3 is 20.4 Å². The Hall–Kier alpha value is -1.12. The van der Waals surface area contributed by atoms with Gasteiger partial charge in [-0.1, -0.05) is 0 Å². The zero-order chi connectivity index (χ0) is 10.8. The molecule has 0 fully saturated rings. The molecule has 0 spiro atoms. The molecule has 0 aromatic heterocycles. The van der Waals surface area contributed by atoms with Gasteiger partial charge in [-0.3, -0.25) is 19.2 Å². The van der Waals surface area contributed by atoms with Crippen molar-refractivity contribution >= 4 is 25.9 Å². The van der Waals surface area contributed by atoms with E-state index in [9.17, 15) is 0 Å². The summed E-state index contributed by atoms with van der Waals surface area (Å²) in [5.41, 5.74) is 0. The number of carboxylic acid groups (broad SMARTS) is 4. The van der Waals surface area contributed by atoms with Crippen LogP contribution in [0.2, 0.25) is 0 Å². The van der Waals surface area contributed by atoms with Crippen LogP contribution >= 0.6 is 0 Å². The van der Waals surface area contributed by atoms with E-state index in [0.717, 1.165) is 0 Å². The summed E-state index contributed by atoms with van der Waals surface area (Å²) in [4.78, 5) is 33.4. The molecule has 0 rings (SSSR count). The fourth-order valence-corrected chi connectivity index (χ4v) is 0. The fourth-order valence-electron chi connectivity index (χ4n) is 0. The summed E-state index contributed by atoms with van der Waals surface area (Å²) in [6.45, 7) is -1.00. The standard InChI is InChI=1S/4CH2O2.Co.Ni/c4*2-1-3;;/h4*1H,(H,2,3);;. The van der Waals surface area contributed by atoms with Crippen LogP contribution in [0.4, 0.5) is 0 Å². The topological polar surface area (TPSA) is 149 Å². The van der Waals surface area contributed by atoms with Gasteiger partial charge in [0.05, 0.1) is 0 Å². The van der Waals surface area contributed by atoms with Crippen molar-refractivity contribution in [3.8, 4) is 0 Å². The number of carbonyl (C=O) groups is 4. The molecule has 0 aliphatic heterocycles. The number of hydrogen-bond acceptors (Lipinski definition) is 4. The Morgan fingerprint density at radius 2 is 0.571 bits per heavy atom. The van der Waals surface area contributed by atoms with Crippen LogP contribution in [0, 0.1) is 0 Å². The molecule has 0 aromatic rings. The minimum absolute atomic E-state index is 0. The van der Waals surface area contributed by atoms with Crippen LogP contribution in [0.25, 0.3) is 0 Å². The molecule has 10 heteroatoms. The van der Waals surface area contributed by atoms with Crippen molar-refractivity contribution in [1.82, 2.24) is 0 Å². The van der Waals surface area contributed by atoms with E-state index >= 15 is 0 Å². The van der Waals surface area contributed by atoms with E-state index in [4.69, 9.17) is 39.6 Å². The maximum atomic E-state index is 8.36. The summed E-state index contributed by atoms with van der Waals surface area (Å²) in [5.74, 6) is 0. The molecule has 1 radical (unpaired) electrons. The Morgan fingerprint density at radius 3 is 0.571 bits per heavy atom. The predicted octanol–water partition coefficient (Wildman–Crippen LogP) is -1.20. The molecule has 0 bridgehead atoms. The Morgan fingerprint density at radius 1 is 0.571 bits per heavy atom. The second kappa shape index (κ2) is 170. The molecule has 0 heterocycles. The van der Waals surface area contributed by atoms with Gasteiger partial charge in [-0.15, -0.1) is 0 Å². The summed E-state index contributed by atoms with van der Waals surface area (Å²) in [7, 11) is 0. The minimum Gasteiger partial charge on any atom is -0.483 e. The first-order chi connectivity index (χ1) is 5.66. The number of rotatable bonds is 0. The molecule has 4 N–H and O–H groups in total. The van der Waals surface area contributed by atoms with Crippen molar-refractivity contribution in [2.75, 3.05) is 0 Å². The molecule has 0 unspecified atom stereocenters. The fraction of sp³-hybridized carbons (Fsp3) is 0. The molecular formula is C4H8CoNiO8. The Bertz CT molecular complexity index is 75.3. The van der Waals surface area contributed by atoms with Crippen molar-refractivity contribution in [3.05, 3.63) is 0 Å². The zero-order valence-corrected chi connectivity index (χ0v) is 8.41. The van der Waals surface area contributed by atoms with Crippen molar-refractivity contribution in [2.45, 2.75) is 0 Å². The van der Waals surface area contributed by atoms with Crippen molar-refractivity contribution < 1.29 is 72.9 Å². The normalized spacial score (nSPS) is 3.43. The second-order valence-corrected chi connectivity index (χ2v) is 0.422. The molecule has 0 atom stereocenters. The monoisotopic (exact) mass is 301 g/mol. The van der Waals surface area contributed by atoms with E-state index in [2.05, 4.69) is 0 Å². The van der Waals surface area contributed by atoms with Crippen LogP contribution in [0.5, 0.6) is 0 Å². The van der Waals surface area contributed by atoms with Gasteiger partial charge in [-0.05, 0) is 0 Å². The van der Waals surface area contributed by atoms with Gasteiger partial charge in [0.15, 0.2) is 0 Å². The smallest absolute Gasteiger partial charge is 0.290 e. The molecule has 0 aliphatic rings. The van der Waals surface area contributed by atoms with Crippen LogP contribution in [0.3, 0.4) is 0 Å². The van der Waals surface area contributed by atoms with Crippen LogP contribution in [-0.4, -0.2) is 46.3 Å². The van der Waals surface area contributed by atoms with Gasteiger partial charge >= 0.3 is 0 Å². The van der Waals surface area contributed by atoms with E-state index < -0.39 is 0 Å². The summed E-state index contributed by atoms with van der Waals surface area (Å²) >= 11 is 0. The third kappa shape index (κ3) is 847. The van der Waals surface area contributed by atoms with Gasteiger partial charge in [0.25, 0.3) is 25.9 Å². The van der Waals surface area contributed by atoms with Gasteiger partial charge in [0.1, 0.15) is 0 Å². The van der Waals surface area contributed by atoms with Gasteiger partial charge in [-0.2, -0.15) is 0 Å². The van der Waals surface area contributed by atoms with Crippen molar-refractivity contribution in [2.24, 2.45) is 0 Å². The third-order valence-electron chi connectivity index (χ3n) is 0. The maximum absolute atomic E-state index is 8.36. The Kier molecular flexibility index (Phi) is 465. The second-order valence-electron chi connectivity index (χ2n) is 0.422. The van der Waals surface area contributed by atoms with E-state index in [1.165, 1.54) is 0 Å². The van der Waals surface area contributed by atoms with Gasteiger partial charge in [0, 0.05) is 33.3 Å². The van der Waals surface area contributed by atoms with Gasteiger partial charge in [0.2, 0.25) is 0 Å². The Labute approximate surface area is 99.0 Å². The van der Waals surface area contributed by atoms with Crippen molar-refractivity contribution in [3.63, 3.8) is 0 Å². The quantitative estimate of drug-likeness (QED) is 0.322. The first-order valence-corrected chi connectivity index (χ1v) is 1.98. The van der Waals surface area contributed by atoms with E-state index in [1.807, 2.05) is 0 Å². The molecule has 8 nitrogen and oxygen atoms in total. The zero-order valence-electron chi connectivity index (χ0n) is 6.38. The van der Waals surface area contributed by atoms with E-state index in [-0.39, 0.29) is 59.2 Å². The minimum atomic E-state index is -0.250. The molecule has 0 saturated heterocycles. The molecule has 0 saturated carbocycles. The largest absolute Gasteiger partial charge is 0.483 e. The summed E-state index contributed by atoms with van der Waals surface area (Å²) < 4.78 is 0. The molecule has 14 heavy (non-hydrogen) atoms. The van der Waals surface area contributed by atoms with Crippen LogP contribution < -0.4 is 0 Å². The summed E-state index contributed by atoms with van der Waals surface area (Å²) in [6, 6.07) is 0. The Balaban J connectivity index is -0.0000000145. The number of hydrogen-bond donors (Lipinski definition) is 4. The van der Waals surface area contributed by atoms with Gasteiger partial charge in [-0.25, -0.2) is 0 Å². The first-order valence-electron chi connectivity index (χ1n) is 1.98. The summed E-state index contributed by atoms with van der Waals surface area (Å²) in [5, 5.41) is 27.6. The first kappa shape index (κ1) is 38.4.